The summed E-state index contributed by atoms with van der Waals surface area (Å²) in [6.45, 7) is 1.79. The van der Waals surface area contributed by atoms with Gasteiger partial charge < -0.3 is 11.1 Å². The topological polar surface area (TPSA) is 68.0 Å². The summed E-state index contributed by atoms with van der Waals surface area (Å²) in [6.07, 6.45) is 1.65. The molecule has 3 N–H and O–H groups in total. The maximum absolute atomic E-state index is 10.7. The van der Waals surface area contributed by atoms with Crippen molar-refractivity contribution in [2.45, 2.75) is 6.92 Å². The van der Waals surface area contributed by atoms with Crippen molar-refractivity contribution in [3.8, 4) is 11.8 Å². The number of amides is 1. The van der Waals surface area contributed by atoms with E-state index >= 15 is 0 Å². The zero-order valence-electron chi connectivity index (χ0n) is 10.0. The third-order valence-corrected chi connectivity index (χ3v) is 2.47. The predicted octanol–water partition coefficient (Wildman–Crippen LogP) is 1.30. The van der Waals surface area contributed by atoms with Gasteiger partial charge >= 0.3 is 0 Å². The summed E-state index contributed by atoms with van der Waals surface area (Å²) in [6, 6.07) is 7.71. The molecule has 2 rings (SSSR count). The smallest absolute Gasteiger partial charge is 0.217 e. The molecule has 4 heteroatoms. The predicted molar refractivity (Wildman–Crippen MR) is 71.7 cm³/mol. The number of nitrogens with one attached hydrogen (secondary N) is 1. The number of nitrogen functional groups attached to an aromatic ring is 1. The minimum Gasteiger partial charge on any atom is -0.383 e. The van der Waals surface area contributed by atoms with E-state index in [1.54, 1.807) is 6.20 Å². The van der Waals surface area contributed by atoms with Crippen molar-refractivity contribution in [1.82, 2.24) is 10.3 Å². The molecule has 4 nitrogen and oxygen atoms in total. The summed E-state index contributed by atoms with van der Waals surface area (Å²) in [7, 11) is 0. The molecule has 2 aromatic rings. The maximum Gasteiger partial charge on any atom is 0.217 e. The Bertz CT molecular complexity index is 653. The van der Waals surface area contributed by atoms with E-state index in [1.165, 1.54) is 6.92 Å². The number of hydrogen-bond acceptors (Lipinski definition) is 3. The van der Waals surface area contributed by atoms with E-state index < -0.39 is 0 Å². The van der Waals surface area contributed by atoms with Crippen LogP contribution >= 0.6 is 0 Å². The monoisotopic (exact) mass is 239 g/mol. The molecule has 18 heavy (non-hydrogen) atoms. The van der Waals surface area contributed by atoms with Crippen LogP contribution in [0.4, 0.5) is 5.82 Å². The average molecular weight is 239 g/mol. The van der Waals surface area contributed by atoms with Crippen LogP contribution in [0, 0.1) is 11.8 Å². The van der Waals surface area contributed by atoms with Crippen molar-refractivity contribution < 1.29 is 4.79 Å². The number of carbonyl (C=O) groups excluding carboxylic acids is 1. The number of aromatic nitrogens is 1. The maximum atomic E-state index is 10.7. The Labute approximate surface area is 105 Å². The van der Waals surface area contributed by atoms with Crippen LogP contribution in [0.25, 0.3) is 10.8 Å². The fourth-order valence-electron chi connectivity index (χ4n) is 1.62. The minimum atomic E-state index is -0.0930. The van der Waals surface area contributed by atoms with Gasteiger partial charge in [-0.25, -0.2) is 4.98 Å². The first-order chi connectivity index (χ1) is 8.68. The SMILES string of the molecule is CC(=O)NCC#Cc1cnc(N)c2ccccc12. The summed E-state index contributed by atoms with van der Waals surface area (Å²) in [4.78, 5) is 14.8. The van der Waals surface area contributed by atoms with Gasteiger partial charge in [-0.05, 0) is 0 Å². The standard InChI is InChI=1S/C14H13N3O/c1-10(18)16-8-4-5-11-9-17-14(15)13-7-3-2-6-12(11)13/h2-3,6-7,9H,8H2,1H3,(H2,15,17)(H,16,18). The van der Waals surface area contributed by atoms with Crippen LogP contribution in [0.5, 0.6) is 0 Å². The number of nitrogens with two attached hydrogens (primary N) is 1. The molecular formula is C14H13N3O. The Morgan fingerprint density at radius 2 is 2.11 bits per heavy atom. The van der Waals surface area contributed by atoms with Crippen molar-refractivity contribution >= 4 is 22.5 Å². The van der Waals surface area contributed by atoms with Gasteiger partial charge in [0.1, 0.15) is 5.82 Å². The summed E-state index contributed by atoms with van der Waals surface area (Å²) < 4.78 is 0. The molecule has 1 heterocycles. The number of hydrogen-bond donors (Lipinski definition) is 2. The Kier molecular flexibility index (Phi) is 3.44. The summed E-state index contributed by atoms with van der Waals surface area (Å²) in [5, 5.41) is 4.48. The molecule has 0 unspecified atom stereocenters. The molecule has 1 aromatic heterocycles. The zero-order chi connectivity index (χ0) is 13.0. The molecule has 0 atom stereocenters. The Morgan fingerprint density at radius 3 is 2.83 bits per heavy atom. The van der Waals surface area contributed by atoms with Gasteiger partial charge in [-0.3, -0.25) is 4.79 Å². The fourth-order valence-corrected chi connectivity index (χ4v) is 1.62. The first-order valence-electron chi connectivity index (χ1n) is 5.55. The third-order valence-electron chi connectivity index (χ3n) is 2.47. The molecule has 0 aliphatic rings. The Hall–Kier alpha value is -2.54. The van der Waals surface area contributed by atoms with Crippen LogP contribution < -0.4 is 11.1 Å². The number of nitrogens with zero attached hydrogens (tertiary/aromatic N) is 1. The molecule has 0 fully saturated rings. The van der Waals surface area contributed by atoms with Crippen molar-refractivity contribution in [2.75, 3.05) is 12.3 Å². The molecular weight excluding hydrogens is 226 g/mol. The molecule has 1 aromatic carbocycles. The molecule has 1 amide bonds. The second kappa shape index (κ2) is 5.19. The van der Waals surface area contributed by atoms with Crippen molar-refractivity contribution in [3.05, 3.63) is 36.0 Å². The van der Waals surface area contributed by atoms with E-state index in [1.807, 2.05) is 24.3 Å². The number of benzene rings is 1. The highest BCUT2D eigenvalue weighted by Crippen LogP contribution is 2.21. The highest BCUT2D eigenvalue weighted by molar-refractivity contribution is 5.94. The lowest BCUT2D eigenvalue weighted by molar-refractivity contribution is -0.118. The average Bonchev–Trinajstić information content (AvgIpc) is 2.37. The summed E-state index contributed by atoms with van der Waals surface area (Å²) in [5.41, 5.74) is 6.61. The lowest BCUT2D eigenvalue weighted by Gasteiger charge is -2.02. The van der Waals surface area contributed by atoms with Crippen molar-refractivity contribution in [1.29, 1.82) is 0 Å². The molecule has 0 saturated carbocycles. The first kappa shape index (κ1) is 11.9. The molecule has 0 aliphatic carbocycles. The van der Waals surface area contributed by atoms with Crippen LogP contribution in [0.1, 0.15) is 12.5 Å². The second-order valence-electron chi connectivity index (χ2n) is 3.81. The molecule has 0 spiro atoms. The number of anilines is 1. The first-order valence-corrected chi connectivity index (χ1v) is 5.55. The molecule has 0 radical (unpaired) electrons. The van der Waals surface area contributed by atoms with E-state index in [0.717, 1.165) is 16.3 Å². The second-order valence-corrected chi connectivity index (χ2v) is 3.81. The van der Waals surface area contributed by atoms with Crippen LogP contribution in [-0.2, 0) is 4.79 Å². The largest absolute Gasteiger partial charge is 0.383 e. The zero-order valence-corrected chi connectivity index (χ0v) is 10.0. The lowest BCUT2D eigenvalue weighted by atomic mass is 10.1. The van der Waals surface area contributed by atoms with Crippen LogP contribution in [0.3, 0.4) is 0 Å². The third kappa shape index (κ3) is 2.58. The number of fused-ring (bicyclic) bond motifs is 1. The quantitative estimate of drug-likeness (QED) is 0.737. The summed E-state index contributed by atoms with van der Waals surface area (Å²) in [5.74, 6) is 6.27. The molecule has 0 bridgehead atoms. The van der Waals surface area contributed by atoms with Crippen LogP contribution in [0.2, 0.25) is 0 Å². The van der Waals surface area contributed by atoms with E-state index in [9.17, 15) is 4.79 Å². The minimum absolute atomic E-state index is 0.0930. The lowest BCUT2D eigenvalue weighted by Crippen LogP contribution is -2.19. The highest BCUT2D eigenvalue weighted by Gasteiger charge is 2.01. The molecule has 0 aliphatic heterocycles. The molecule has 90 valence electrons. The van der Waals surface area contributed by atoms with E-state index in [-0.39, 0.29) is 5.91 Å². The Morgan fingerprint density at radius 1 is 1.39 bits per heavy atom. The van der Waals surface area contributed by atoms with Gasteiger partial charge in [0.05, 0.1) is 12.1 Å². The van der Waals surface area contributed by atoms with E-state index in [0.29, 0.717) is 12.4 Å². The van der Waals surface area contributed by atoms with Crippen molar-refractivity contribution in [3.63, 3.8) is 0 Å². The van der Waals surface area contributed by atoms with Gasteiger partial charge in [-0.15, -0.1) is 0 Å². The normalized spacial score (nSPS) is 9.61. The van der Waals surface area contributed by atoms with E-state index in [2.05, 4.69) is 22.1 Å². The highest BCUT2D eigenvalue weighted by atomic mass is 16.1. The van der Waals surface area contributed by atoms with Gasteiger partial charge in [-0.1, -0.05) is 36.1 Å². The summed E-state index contributed by atoms with van der Waals surface area (Å²) >= 11 is 0. The number of rotatable bonds is 1. The van der Waals surface area contributed by atoms with E-state index in [4.69, 9.17) is 5.73 Å². The number of carbonyl (C=O) groups is 1. The van der Waals surface area contributed by atoms with Gasteiger partial charge in [0.15, 0.2) is 0 Å². The van der Waals surface area contributed by atoms with Crippen LogP contribution in [-0.4, -0.2) is 17.4 Å². The van der Waals surface area contributed by atoms with Gasteiger partial charge in [-0.2, -0.15) is 0 Å². The molecule has 0 saturated heterocycles. The fraction of sp³-hybridized carbons (Fsp3) is 0.143. The van der Waals surface area contributed by atoms with Gasteiger partial charge in [0.2, 0.25) is 5.91 Å². The Balaban J connectivity index is 2.34. The van der Waals surface area contributed by atoms with Crippen LogP contribution in [0.15, 0.2) is 30.5 Å². The number of pyridine rings is 1. The van der Waals surface area contributed by atoms with Gasteiger partial charge in [0.25, 0.3) is 0 Å². The van der Waals surface area contributed by atoms with Crippen molar-refractivity contribution in [2.24, 2.45) is 0 Å². The van der Waals surface area contributed by atoms with Gasteiger partial charge in [0, 0.05) is 23.9 Å².